The molecular formula is C81H76N12. The minimum Gasteiger partial charge on any atom is -0.388 e. The van der Waals surface area contributed by atoms with Crippen LogP contribution in [0.3, 0.4) is 0 Å². The molecule has 14 rings (SSSR count). The van der Waals surface area contributed by atoms with Crippen LogP contribution in [0.4, 0.5) is 114 Å². The molecule has 460 valence electrons. The number of hydrogen-bond donors (Lipinski definition) is 8. The largest absolute Gasteiger partial charge is 0.388 e. The summed E-state index contributed by atoms with van der Waals surface area (Å²) in [6, 6.07) is 98.6. The van der Waals surface area contributed by atoms with Crippen LogP contribution in [0.5, 0.6) is 0 Å². The van der Waals surface area contributed by atoms with Gasteiger partial charge in [0, 0.05) is 170 Å². The molecule has 12 nitrogen and oxygen atoms in total. The first-order valence-electron chi connectivity index (χ1n) is 31.7. The van der Waals surface area contributed by atoms with Crippen molar-refractivity contribution in [2.24, 2.45) is 0 Å². The van der Waals surface area contributed by atoms with E-state index >= 15 is 0 Å². The van der Waals surface area contributed by atoms with Crippen LogP contribution in [0.15, 0.2) is 267 Å². The lowest BCUT2D eigenvalue weighted by Crippen LogP contribution is -2.27. The van der Waals surface area contributed by atoms with E-state index in [9.17, 15) is 0 Å². The second-order valence-electron chi connectivity index (χ2n) is 23.4. The highest BCUT2D eigenvalue weighted by Gasteiger charge is 2.53. The number of benzene rings is 12. The van der Waals surface area contributed by atoms with E-state index in [0.717, 1.165) is 114 Å². The zero-order valence-corrected chi connectivity index (χ0v) is 53.7. The van der Waals surface area contributed by atoms with E-state index in [2.05, 4.69) is 329 Å². The number of hydrogen-bond acceptors (Lipinski definition) is 12. The van der Waals surface area contributed by atoms with Crippen molar-refractivity contribution in [3.63, 3.8) is 0 Å². The predicted octanol–water partition coefficient (Wildman–Crippen LogP) is 20.2. The highest BCUT2D eigenvalue weighted by Crippen LogP contribution is 2.65. The van der Waals surface area contributed by atoms with E-state index in [-0.39, 0.29) is 0 Å². The summed E-state index contributed by atoms with van der Waals surface area (Å²) in [5.74, 6) is 0. The molecule has 0 amide bonds. The van der Waals surface area contributed by atoms with E-state index in [1.54, 1.807) is 0 Å². The van der Waals surface area contributed by atoms with Gasteiger partial charge in [-0.1, -0.05) is 24.3 Å². The second kappa shape index (κ2) is 24.9. The van der Waals surface area contributed by atoms with Crippen molar-refractivity contribution in [1.82, 2.24) is 0 Å². The molecule has 0 aromatic heterocycles. The molecule has 2 aliphatic carbocycles. The molecular weight excluding hydrogens is 1140 g/mol. The molecule has 12 aromatic rings. The summed E-state index contributed by atoms with van der Waals surface area (Å²) in [6.45, 7) is 0. The third kappa shape index (κ3) is 10.5. The van der Waals surface area contributed by atoms with Gasteiger partial charge in [-0.05, 0) is 287 Å². The van der Waals surface area contributed by atoms with Gasteiger partial charge in [0.1, 0.15) is 0 Å². The Morgan fingerprint density at radius 1 is 0.172 bits per heavy atom. The minimum absolute atomic E-state index is 0.933. The lowest BCUT2D eigenvalue weighted by molar-refractivity contribution is 0.793. The predicted molar refractivity (Wildman–Crippen MR) is 398 cm³/mol. The molecule has 0 heterocycles. The van der Waals surface area contributed by atoms with Crippen LogP contribution >= 0.6 is 0 Å². The number of nitrogens with one attached hydrogen (secondary N) is 8. The van der Waals surface area contributed by atoms with Gasteiger partial charge in [-0.2, -0.15) is 0 Å². The molecule has 0 saturated carbocycles. The number of fused-ring (bicyclic) bond motifs is 10. The lowest BCUT2D eigenvalue weighted by atomic mass is 9.70. The summed E-state index contributed by atoms with van der Waals surface area (Å²) >= 11 is 0. The van der Waals surface area contributed by atoms with E-state index in [4.69, 9.17) is 0 Å². The van der Waals surface area contributed by atoms with Crippen molar-refractivity contribution >= 4 is 114 Å². The fourth-order valence-corrected chi connectivity index (χ4v) is 13.7. The molecule has 0 unspecified atom stereocenters. The maximum absolute atomic E-state index is 3.36. The van der Waals surface area contributed by atoms with E-state index in [1.807, 2.05) is 56.4 Å². The van der Waals surface area contributed by atoms with Crippen LogP contribution in [0.25, 0.3) is 22.3 Å². The SMILES string of the molecule is CNc1ccc(N(c2ccc(NC)cc2)c2ccc3c(c2)C2(c4cc(N(c5ccc(NC)cc5)c5ccc(NC)cc5)ccc4-3)c3cc(N(c4ccc(NC)cc4)c4ccc(NC)cc4)ccc3-c3ccc(N(c4ccc(NC)cc4)c4ccc(NC)cc4)cc32)cc1. The zero-order chi connectivity index (χ0) is 63.7. The lowest BCUT2D eigenvalue weighted by Gasteiger charge is -2.35. The quantitative estimate of drug-likeness (QED) is 0.0372. The fraction of sp³-hybridized carbons (Fsp3) is 0.111. The number of anilines is 20. The standard InChI is InChI=1S/C81H76N12/c1-82-53-9-25-61(26-10-53)90(62-27-11-54(83-2)12-28-62)69-41-45-73-74-46-42-70(91(63-29-13-55(84-3)14-30-63)64-31-15-56(85-4)16-32-64)50-78(74)81(77(73)49-69)79-51-71(92(65-33-17-57(86-5)18-34-65)66-35-19-58(87-6)20-36-66)43-47-75(79)76-48-44-72(52-80(76)81)93(67-37-21-59(88-7)22-38-67)68-39-23-60(89-8)24-40-68/h9-52,82-89H,1-8H3. The van der Waals surface area contributed by atoms with Gasteiger partial charge < -0.3 is 62.1 Å². The van der Waals surface area contributed by atoms with Crippen molar-refractivity contribution in [3.05, 3.63) is 289 Å². The molecule has 93 heavy (non-hydrogen) atoms. The van der Waals surface area contributed by atoms with Gasteiger partial charge in [-0.3, -0.25) is 0 Å². The van der Waals surface area contributed by atoms with Crippen LogP contribution in [-0.4, -0.2) is 56.4 Å². The Bertz CT molecular complexity index is 3840. The molecule has 1 spiro atoms. The Hall–Kier alpha value is -11.8. The molecule has 12 heteroatoms. The highest BCUT2D eigenvalue weighted by atomic mass is 15.2. The summed E-state index contributed by atoms with van der Waals surface area (Å²) in [7, 11) is 15.7. The molecule has 2 aliphatic rings. The summed E-state index contributed by atoms with van der Waals surface area (Å²) in [5.41, 5.74) is 29.1. The number of nitrogens with zero attached hydrogens (tertiary/aromatic N) is 4. The molecule has 0 radical (unpaired) electrons. The molecule has 0 bridgehead atoms. The van der Waals surface area contributed by atoms with Gasteiger partial charge in [0.15, 0.2) is 0 Å². The Morgan fingerprint density at radius 2 is 0.301 bits per heavy atom. The van der Waals surface area contributed by atoms with Crippen LogP contribution in [0, 0.1) is 0 Å². The Labute approximate surface area is 546 Å². The Kier molecular flexibility index (Phi) is 15.8. The van der Waals surface area contributed by atoms with Crippen molar-refractivity contribution < 1.29 is 0 Å². The maximum atomic E-state index is 3.36. The smallest absolute Gasteiger partial charge is 0.0728 e. The van der Waals surface area contributed by atoms with Gasteiger partial charge in [-0.15, -0.1) is 0 Å². The van der Waals surface area contributed by atoms with E-state index in [0.29, 0.717) is 0 Å². The fourth-order valence-electron chi connectivity index (χ4n) is 13.7. The number of rotatable bonds is 20. The maximum Gasteiger partial charge on any atom is 0.0728 e. The van der Waals surface area contributed by atoms with E-state index in [1.165, 1.54) is 44.5 Å². The Morgan fingerprint density at radius 3 is 0.430 bits per heavy atom. The van der Waals surface area contributed by atoms with Crippen LogP contribution in [-0.2, 0) is 5.41 Å². The van der Waals surface area contributed by atoms with Gasteiger partial charge in [-0.25, -0.2) is 0 Å². The monoisotopic (exact) mass is 1220 g/mol. The summed E-state index contributed by atoms with van der Waals surface area (Å²) in [6.07, 6.45) is 0. The average Bonchev–Trinajstić information content (AvgIpc) is 1.51. The first-order chi connectivity index (χ1) is 45.7. The third-order valence-corrected chi connectivity index (χ3v) is 18.6. The Balaban J connectivity index is 1.10. The van der Waals surface area contributed by atoms with Gasteiger partial charge >= 0.3 is 0 Å². The first kappa shape index (κ1) is 58.9. The van der Waals surface area contributed by atoms with Gasteiger partial charge in [0.05, 0.1) is 5.41 Å². The van der Waals surface area contributed by atoms with Gasteiger partial charge in [0.25, 0.3) is 0 Å². The molecule has 12 aromatic carbocycles. The second-order valence-corrected chi connectivity index (χ2v) is 23.4. The molecule has 0 saturated heterocycles. The molecule has 0 atom stereocenters. The topological polar surface area (TPSA) is 109 Å². The average molecular weight is 1220 g/mol. The molecule has 8 N–H and O–H groups in total. The molecule has 0 aliphatic heterocycles. The zero-order valence-electron chi connectivity index (χ0n) is 53.7. The normalized spacial score (nSPS) is 12.0. The van der Waals surface area contributed by atoms with Crippen molar-refractivity contribution in [3.8, 4) is 22.3 Å². The van der Waals surface area contributed by atoms with Crippen LogP contribution in [0.2, 0.25) is 0 Å². The highest BCUT2D eigenvalue weighted by molar-refractivity contribution is 6.00. The van der Waals surface area contributed by atoms with Crippen molar-refractivity contribution in [1.29, 1.82) is 0 Å². The van der Waals surface area contributed by atoms with Crippen LogP contribution in [0.1, 0.15) is 22.3 Å². The first-order valence-corrected chi connectivity index (χ1v) is 31.7. The summed E-state index contributed by atoms with van der Waals surface area (Å²) in [4.78, 5) is 9.58. The van der Waals surface area contributed by atoms with Crippen LogP contribution < -0.4 is 62.1 Å². The summed E-state index contributed by atoms with van der Waals surface area (Å²) in [5, 5.41) is 26.9. The minimum atomic E-state index is -0.933. The third-order valence-electron chi connectivity index (χ3n) is 18.6. The molecule has 0 fully saturated rings. The van der Waals surface area contributed by atoms with Gasteiger partial charge in [0.2, 0.25) is 0 Å². The van der Waals surface area contributed by atoms with Crippen molar-refractivity contribution in [2.45, 2.75) is 5.41 Å². The van der Waals surface area contributed by atoms with Crippen molar-refractivity contribution in [2.75, 3.05) is 119 Å². The summed E-state index contributed by atoms with van der Waals surface area (Å²) < 4.78 is 0. The van der Waals surface area contributed by atoms with E-state index < -0.39 is 5.41 Å².